The summed E-state index contributed by atoms with van der Waals surface area (Å²) in [4.78, 5) is 50.5. The SMILES string of the molecule is CC(=O)c1cccc(NC(=O)CN2C(=O)[C@@H]3[C@@H](C2=O)C2(Cl)c4ccccc4C3(Cl)c3ccccc32)c1. The number of hydrogen-bond acceptors (Lipinski definition) is 4. The summed E-state index contributed by atoms with van der Waals surface area (Å²) in [5.74, 6) is -3.67. The molecular formula is C28H20Cl2N2O4. The lowest BCUT2D eigenvalue weighted by molar-refractivity contribution is -0.142. The van der Waals surface area contributed by atoms with Crippen LogP contribution in [-0.4, -0.2) is 34.9 Å². The third-order valence-electron chi connectivity index (χ3n) is 7.53. The van der Waals surface area contributed by atoms with E-state index in [1.54, 1.807) is 24.3 Å². The normalized spacial score (nSPS) is 27.4. The largest absolute Gasteiger partial charge is 0.325 e. The van der Waals surface area contributed by atoms with Crippen LogP contribution in [0.4, 0.5) is 5.69 Å². The Kier molecular flexibility index (Phi) is 4.95. The van der Waals surface area contributed by atoms with Crippen LogP contribution >= 0.6 is 23.2 Å². The van der Waals surface area contributed by atoms with Gasteiger partial charge in [0.15, 0.2) is 5.78 Å². The van der Waals surface area contributed by atoms with E-state index in [0.29, 0.717) is 33.5 Å². The molecule has 1 aliphatic heterocycles. The van der Waals surface area contributed by atoms with E-state index in [9.17, 15) is 19.2 Å². The fourth-order valence-corrected chi connectivity index (χ4v) is 7.14. The molecule has 7 rings (SSSR count). The summed E-state index contributed by atoms with van der Waals surface area (Å²) in [5, 5.41) is 2.67. The average Bonchev–Trinajstić information content (AvgIpc) is 3.13. The molecule has 0 radical (unpaired) electrons. The van der Waals surface area contributed by atoms with Crippen molar-refractivity contribution in [1.82, 2.24) is 4.90 Å². The Bertz CT molecular complexity index is 1380. The molecule has 1 fully saturated rings. The number of Topliss-reactive ketones (excluding diaryl/α,β-unsaturated/α-hetero) is 1. The van der Waals surface area contributed by atoms with E-state index in [4.69, 9.17) is 23.2 Å². The van der Waals surface area contributed by atoms with Crippen LogP contribution in [0.1, 0.15) is 39.5 Å². The Morgan fingerprint density at radius 1 is 0.806 bits per heavy atom. The molecule has 180 valence electrons. The zero-order valence-corrected chi connectivity index (χ0v) is 20.6. The van der Waals surface area contributed by atoms with Gasteiger partial charge < -0.3 is 5.32 Å². The average molecular weight is 519 g/mol. The van der Waals surface area contributed by atoms with Crippen LogP contribution in [0.25, 0.3) is 0 Å². The topological polar surface area (TPSA) is 83.6 Å². The molecule has 0 aromatic heterocycles. The molecule has 3 aliphatic carbocycles. The standard InChI is InChI=1S/C28H20Cl2N2O4/c1-15(33)16-7-6-8-17(13-16)31-22(34)14-32-25(35)23-24(26(32)36)28(30)19-10-3-2-9-18(19)27(23,29)20-11-4-5-12-21(20)28/h2-13,23-24H,14H2,1H3,(H,31,34)/t23-,24-,27?,28?/m0/s1. The van der Waals surface area contributed by atoms with Gasteiger partial charge in [0.2, 0.25) is 17.7 Å². The number of nitrogens with zero attached hydrogens (tertiary/aromatic N) is 1. The van der Waals surface area contributed by atoms with Gasteiger partial charge in [0.1, 0.15) is 16.3 Å². The molecule has 1 saturated heterocycles. The second kappa shape index (κ2) is 7.76. The molecule has 3 amide bonds. The maximum atomic E-state index is 13.8. The zero-order valence-electron chi connectivity index (χ0n) is 19.1. The number of likely N-dealkylation sites (tertiary alicyclic amines) is 1. The Balaban J connectivity index is 1.38. The summed E-state index contributed by atoms with van der Waals surface area (Å²) < 4.78 is 0. The highest BCUT2D eigenvalue weighted by Gasteiger charge is 2.73. The van der Waals surface area contributed by atoms with E-state index >= 15 is 0 Å². The van der Waals surface area contributed by atoms with Gasteiger partial charge in [0.25, 0.3) is 0 Å². The molecule has 1 heterocycles. The molecule has 0 unspecified atom stereocenters. The predicted octanol–water partition coefficient (Wildman–Crippen LogP) is 4.42. The molecule has 2 bridgehead atoms. The number of hydrogen-bond donors (Lipinski definition) is 1. The van der Waals surface area contributed by atoms with Crippen molar-refractivity contribution in [2.75, 3.05) is 11.9 Å². The van der Waals surface area contributed by atoms with E-state index in [1.807, 2.05) is 48.5 Å². The van der Waals surface area contributed by atoms with E-state index in [1.165, 1.54) is 6.92 Å². The number of amides is 3. The van der Waals surface area contributed by atoms with Crippen molar-refractivity contribution < 1.29 is 19.2 Å². The number of nitrogens with one attached hydrogen (secondary N) is 1. The summed E-state index contributed by atoms with van der Waals surface area (Å²) in [6.45, 7) is 0.945. The lowest BCUT2D eigenvalue weighted by Crippen LogP contribution is -2.57. The third kappa shape index (κ3) is 2.85. The molecule has 0 spiro atoms. The molecule has 3 aromatic carbocycles. The van der Waals surface area contributed by atoms with Gasteiger partial charge in [-0.3, -0.25) is 24.1 Å². The van der Waals surface area contributed by atoms with Crippen molar-refractivity contribution in [2.45, 2.75) is 16.7 Å². The van der Waals surface area contributed by atoms with E-state index < -0.39 is 45.9 Å². The minimum Gasteiger partial charge on any atom is -0.325 e. The second-order valence-electron chi connectivity index (χ2n) is 9.42. The zero-order chi connectivity index (χ0) is 25.4. The summed E-state index contributed by atoms with van der Waals surface area (Å²) in [6, 6.07) is 21.2. The van der Waals surface area contributed by atoms with Crippen LogP contribution in [0.3, 0.4) is 0 Å². The molecule has 4 aliphatic rings. The molecule has 8 heteroatoms. The van der Waals surface area contributed by atoms with Gasteiger partial charge in [0.05, 0.1) is 11.8 Å². The van der Waals surface area contributed by atoms with Crippen LogP contribution in [-0.2, 0) is 24.1 Å². The van der Waals surface area contributed by atoms with Crippen LogP contribution in [0.5, 0.6) is 0 Å². The first-order valence-electron chi connectivity index (χ1n) is 11.5. The molecular weight excluding hydrogens is 499 g/mol. The number of anilines is 1. The smallest absolute Gasteiger partial charge is 0.244 e. The molecule has 6 nitrogen and oxygen atoms in total. The van der Waals surface area contributed by atoms with Gasteiger partial charge in [0, 0.05) is 11.3 Å². The number of ketones is 1. The van der Waals surface area contributed by atoms with Crippen LogP contribution in [0.15, 0.2) is 72.8 Å². The fourth-order valence-electron chi connectivity index (χ4n) is 6.04. The Morgan fingerprint density at radius 2 is 1.28 bits per heavy atom. The van der Waals surface area contributed by atoms with Crippen molar-refractivity contribution in [3.63, 3.8) is 0 Å². The van der Waals surface area contributed by atoms with Gasteiger partial charge in [-0.05, 0) is 41.3 Å². The molecule has 0 saturated carbocycles. The van der Waals surface area contributed by atoms with Crippen molar-refractivity contribution in [3.05, 3.63) is 101 Å². The number of carbonyl (C=O) groups excluding carboxylic acids is 4. The van der Waals surface area contributed by atoms with E-state index in [0.717, 1.165) is 4.90 Å². The van der Waals surface area contributed by atoms with Gasteiger partial charge in [-0.15, -0.1) is 23.2 Å². The van der Waals surface area contributed by atoms with Crippen LogP contribution in [0.2, 0.25) is 0 Å². The maximum Gasteiger partial charge on any atom is 0.244 e. The maximum absolute atomic E-state index is 13.8. The number of benzene rings is 3. The molecule has 2 atom stereocenters. The highest BCUT2D eigenvalue weighted by molar-refractivity contribution is 6.36. The first kappa shape index (κ1) is 23.0. The van der Waals surface area contributed by atoms with Crippen LogP contribution in [0, 0.1) is 11.8 Å². The predicted molar refractivity (Wildman–Crippen MR) is 135 cm³/mol. The second-order valence-corrected chi connectivity index (χ2v) is 10.6. The summed E-state index contributed by atoms with van der Waals surface area (Å²) in [5.41, 5.74) is 3.65. The van der Waals surface area contributed by atoms with Gasteiger partial charge in [-0.1, -0.05) is 60.7 Å². The van der Waals surface area contributed by atoms with Crippen LogP contribution < -0.4 is 5.32 Å². The van der Waals surface area contributed by atoms with Crippen molar-refractivity contribution in [3.8, 4) is 0 Å². The van der Waals surface area contributed by atoms with E-state index in [2.05, 4.69) is 5.32 Å². The Labute approximate surface area is 217 Å². The van der Waals surface area contributed by atoms with Gasteiger partial charge in [-0.25, -0.2) is 0 Å². The lowest BCUT2D eigenvalue weighted by Gasteiger charge is -2.54. The highest BCUT2D eigenvalue weighted by Crippen LogP contribution is 2.69. The Morgan fingerprint density at radius 3 is 1.72 bits per heavy atom. The Hall–Kier alpha value is -3.48. The van der Waals surface area contributed by atoms with Crippen molar-refractivity contribution >= 4 is 52.4 Å². The minimum atomic E-state index is -1.29. The lowest BCUT2D eigenvalue weighted by atomic mass is 9.54. The number of carbonyl (C=O) groups is 4. The first-order valence-corrected chi connectivity index (χ1v) is 12.3. The summed E-state index contributed by atoms with van der Waals surface area (Å²) in [7, 11) is 0. The quantitative estimate of drug-likeness (QED) is 0.314. The van der Waals surface area contributed by atoms with Gasteiger partial charge in [-0.2, -0.15) is 0 Å². The minimum absolute atomic E-state index is 0.144. The summed E-state index contributed by atoms with van der Waals surface area (Å²) in [6.07, 6.45) is 0. The number of alkyl halides is 2. The number of halogens is 2. The van der Waals surface area contributed by atoms with Crippen molar-refractivity contribution in [2.24, 2.45) is 11.8 Å². The number of imide groups is 1. The molecule has 1 N–H and O–H groups in total. The highest BCUT2D eigenvalue weighted by atomic mass is 35.5. The van der Waals surface area contributed by atoms with E-state index in [-0.39, 0.29) is 5.78 Å². The molecule has 3 aromatic rings. The van der Waals surface area contributed by atoms with Gasteiger partial charge >= 0.3 is 0 Å². The number of rotatable bonds is 4. The monoisotopic (exact) mass is 518 g/mol. The summed E-state index contributed by atoms with van der Waals surface area (Å²) >= 11 is 14.7. The third-order valence-corrected chi connectivity index (χ3v) is 8.82. The molecule has 36 heavy (non-hydrogen) atoms. The van der Waals surface area contributed by atoms with Crippen molar-refractivity contribution in [1.29, 1.82) is 0 Å². The first-order chi connectivity index (χ1) is 17.2. The fraction of sp³-hybridized carbons (Fsp3) is 0.214.